The molecule has 2 N–H and O–H groups in total. The van der Waals surface area contributed by atoms with Crippen LogP contribution in [0.5, 0.6) is 0 Å². The molecule has 1 aliphatic heterocycles. The number of nitrogens with zero attached hydrogens (tertiary/aromatic N) is 2. The number of benzene rings is 1. The molecule has 3 rings (SSSR count). The van der Waals surface area contributed by atoms with E-state index in [1.54, 1.807) is 36.0 Å². The number of hydrogen-bond donors (Lipinski definition) is 2. The van der Waals surface area contributed by atoms with Crippen LogP contribution in [0.4, 0.5) is 4.79 Å². The van der Waals surface area contributed by atoms with E-state index in [1.807, 2.05) is 18.2 Å². The van der Waals surface area contributed by atoms with Crippen molar-refractivity contribution in [3.8, 4) is 0 Å². The van der Waals surface area contributed by atoms with Crippen LogP contribution in [0.25, 0.3) is 0 Å². The van der Waals surface area contributed by atoms with Gasteiger partial charge in [-0.05, 0) is 37.8 Å². The van der Waals surface area contributed by atoms with Gasteiger partial charge in [-0.15, -0.1) is 0 Å². The minimum absolute atomic E-state index is 0.000160. The van der Waals surface area contributed by atoms with E-state index in [2.05, 4.69) is 10.6 Å². The van der Waals surface area contributed by atoms with Crippen LogP contribution >= 0.6 is 0 Å². The minimum Gasteiger partial charge on any atom is -0.351 e. The molecule has 158 valence electrons. The van der Waals surface area contributed by atoms with Gasteiger partial charge in [0.15, 0.2) is 0 Å². The third kappa shape index (κ3) is 5.49. The number of carbonyl (C=O) groups excluding carboxylic acids is 3. The van der Waals surface area contributed by atoms with Gasteiger partial charge < -0.3 is 20.4 Å². The summed E-state index contributed by atoms with van der Waals surface area (Å²) in [6.45, 7) is 1.21. The van der Waals surface area contributed by atoms with Crippen LogP contribution in [0.2, 0.25) is 0 Å². The Labute approximate surface area is 172 Å². The van der Waals surface area contributed by atoms with E-state index in [0.29, 0.717) is 31.5 Å². The van der Waals surface area contributed by atoms with Crippen LogP contribution in [0.1, 0.15) is 48.9 Å². The Morgan fingerprint density at radius 2 is 1.48 bits per heavy atom. The normalized spacial score (nSPS) is 22.6. The Kier molecular flexibility index (Phi) is 7.12. The van der Waals surface area contributed by atoms with Crippen molar-refractivity contribution >= 4 is 17.8 Å². The number of rotatable bonds is 4. The summed E-state index contributed by atoms with van der Waals surface area (Å²) in [6, 6.07) is 9.10. The molecule has 1 aromatic rings. The van der Waals surface area contributed by atoms with Crippen molar-refractivity contribution in [2.75, 3.05) is 27.2 Å². The first kappa shape index (κ1) is 21.1. The highest BCUT2D eigenvalue weighted by Gasteiger charge is 2.32. The molecule has 7 nitrogen and oxygen atoms in total. The molecule has 2 aliphatic rings. The minimum atomic E-state index is -0.0905. The molecule has 0 aromatic heterocycles. The molecule has 4 amide bonds. The second-order valence-electron chi connectivity index (χ2n) is 8.28. The van der Waals surface area contributed by atoms with Crippen molar-refractivity contribution < 1.29 is 14.4 Å². The largest absolute Gasteiger partial charge is 0.351 e. The topological polar surface area (TPSA) is 81.8 Å². The Hall–Kier alpha value is -2.57. The first-order valence-corrected chi connectivity index (χ1v) is 10.6. The average Bonchev–Trinajstić information content (AvgIpc) is 2.75. The smallest absolute Gasteiger partial charge is 0.319 e. The molecule has 0 unspecified atom stereocenters. The van der Waals surface area contributed by atoms with Crippen molar-refractivity contribution in [2.45, 2.75) is 50.6 Å². The number of piperidine rings is 1. The van der Waals surface area contributed by atoms with Crippen molar-refractivity contribution in [1.82, 2.24) is 20.4 Å². The van der Waals surface area contributed by atoms with Crippen molar-refractivity contribution in [3.05, 3.63) is 35.9 Å². The van der Waals surface area contributed by atoms with Gasteiger partial charge in [0.25, 0.3) is 5.91 Å². The number of amides is 4. The zero-order valence-electron chi connectivity index (χ0n) is 17.4. The second-order valence-corrected chi connectivity index (χ2v) is 8.28. The predicted molar refractivity (Wildman–Crippen MR) is 111 cm³/mol. The van der Waals surface area contributed by atoms with Crippen LogP contribution in [0.15, 0.2) is 30.3 Å². The molecule has 2 fully saturated rings. The summed E-state index contributed by atoms with van der Waals surface area (Å²) < 4.78 is 0. The zero-order chi connectivity index (χ0) is 20.8. The molecule has 29 heavy (non-hydrogen) atoms. The standard InChI is InChI=1S/C22H32N4O3/c1-25(2)22(29)26-14-12-17(13-15-26)21(28)24-19-11-7-6-10-18(19)23-20(27)16-8-4-3-5-9-16/h3-5,8-9,17-19H,6-7,10-15H2,1-2H3,(H,23,27)(H,24,28)/t18-,19-/m1/s1. The Bertz CT molecular complexity index is 714. The number of carbonyl (C=O) groups is 3. The molecule has 2 atom stereocenters. The zero-order valence-corrected chi connectivity index (χ0v) is 17.4. The van der Waals surface area contributed by atoms with Gasteiger partial charge in [0.05, 0.1) is 0 Å². The molecule has 0 radical (unpaired) electrons. The predicted octanol–water partition coefficient (Wildman–Crippen LogP) is 2.24. The molecule has 1 aromatic carbocycles. The maximum absolute atomic E-state index is 12.8. The van der Waals surface area contributed by atoms with Gasteiger partial charge in [-0.2, -0.15) is 0 Å². The number of urea groups is 1. The highest BCUT2D eigenvalue weighted by Crippen LogP contribution is 2.22. The molecule has 0 spiro atoms. The molecular formula is C22H32N4O3. The van der Waals surface area contributed by atoms with Gasteiger partial charge in [0.1, 0.15) is 0 Å². The lowest BCUT2D eigenvalue weighted by Crippen LogP contribution is -2.55. The first-order chi connectivity index (χ1) is 14.0. The molecule has 0 bridgehead atoms. The van der Waals surface area contributed by atoms with Gasteiger partial charge in [-0.3, -0.25) is 9.59 Å². The third-order valence-electron chi connectivity index (χ3n) is 5.96. The van der Waals surface area contributed by atoms with Gasteiger partial charge in [0.2, 0.25) is 5.91 Å². The molecule has 1 saturated heterocycles. The fraction of sp³-hybridized carbons (Fsp3) is 0.591. The first-order valence-electron chi connectivity index (χ1n) is 10.6. The number of hydrogen-bond acceptors (Lipinski definition) is 3. The lowest BCUT2D eigenvalue weighted by molar-refractivity contribution is -0.127. The van der Waals surface area contributed by atoms with Gasteiger partial charge in [-0.25, -0.2) is 4.79 Å². The van der Waals surface area contributed by atoms with E-state index >= 15 is 0 Å². The summed E-state index contributed by atoms with van der Waals surface area (Å²) in [4.78, 5) is 40.8. The lowest BCUT2D eigenvalue weighted by atomic mass is 9.88. The van der Waals surface area contributed by atoms with Gasteiger partial charge in [0, 0.05) is 50.7 Å². The lowest BCUT2D eigenvalue weighted by Gasteiger charge is -2.36. The van der Waals surface area contributed by atoms with Crippen LogP contribution in [-0.2, 0) is 4.79 Å². The maximum Gasteiger partial charge on any atom is 0.319 e. The second kappa shape index (κ2) is 9.76. The monoisotopic (exact) mass is 400 g/mol. The highest BCUT2D eigenvalue weighted by atomic mass is 16.2. The SMILES string of the molecule is CN(C)C(=O)N1CCC(C(=O)N[C@@H]2CCCC[C@H]2NC(=O)c2ccccc2)CC1. The third-order valence-corrected chi connectivity index (χ3v) is 5.96. The summed E-state index contributed by atoms with van der Waals surface area (Å²) in [5.41, 5.74) is 0.640. The van der Waals surface area contributed by atoms with E-state index < -0.39 is 0 Å². The van der Waals surface area contributed by atoms with E-state index in [9.17, 15) is 14.4 Å². The van der Waals surface area contributed by atoms with Crippen LogP contribution in [-0.4, -0.2) is 66.9 Å². The van der Waals surface area contributed by atoms with Crippen LogP contribution in [0, 0.1) is 5.92 Å². The van der Waals surface area contributed by atoms with Crippen molar-refractivity contribution in [3.63, 3.8) is 0 Å². The van der Waals surface area contributed by atoms with Crippen LogP contribution in [0.3, 0.4) is 0 Å². The van der Waals surface area contributed by atoms with Crippen LogP contribution < -0.4 is 10.6 Å². The summed E-state index contributed by atoms with van der Waals surface area (Å²) in [7, 11) is 3.49. The van der Waals surface area contributed by atoms with Gasteiger partial charge in [-0.1, -0.05) is 31.0 Å². The summed E-state index contributed by atoms with van der Waals surface area (Å²) in [6.07, 6.45) is 5.22. The summed E-state index contributed by atoms with van der Waals surface area (Å²) in [5, 5.41) is 6.31. The highest BCUT2D eigenvalue weighted by molar-refractivity contribution is 5.94. The van der Waals surface area contributed by atoms with E-state index in [4.69, 9.17) is 0 Å². The average molecular weight is 401 g/mol. The fourth-order valence-electron chi connectivity index (χ4n) is 4.23. The van der Waals surface area contributed by atoms with Gasteiger partial charge >= 0.3 is 6.03 Å². The molecular weight excluding hydrogens is 368 g/mol. The molecule has 1 saturated carbocycles. The quantitative estimate of drug-likeness (QED) is 0.813. The molecule has 7 heteroatoms. The van der Waals surface area contributed by atoms with E-state index in [1.165, 1.54) is 0 Å². The fourth-order valence-corrected chi connectivity index (χ4v) is 4.23. The number of likely N-dealkylation sites (tertiary alicyclic amines) is 1. The van der Waals surface area contributed by atoms with Crippen molar-refractivity contribution in [1.29, 1.82) is 0 Å². The maximum atomic E-state index is 12.8. The Morgan fingerprint density at radius 1 is 0.897 bits per heavy atom. The molecule has 1 heterocycles. The Morgan fingerprint density at radius 3 is 2.07 bits per heavy atom. The van der Waals surface area contributed by atoms with E-state index in [0.717, 1.165) is 25.7 Å². The summed E-state index contributed by atoms with van der Waals surface area (Å²) >= 11 is 0. The van der Waals surface area contributed by atoms with E-state index in [-0.39, 0.29) is 35.8 Å². The number of nitrogens with one attached hydrogen (secondary N) is 2. The summed E-state index contributed by atoms with van der Waals surface area (Å²) in [5.74, 6) is -0.117. The Balaban J connectivity index is 1.53. The van der Waals surface area contributed by atoms with Crippen molar-refractivity contribution in [2.24, 2.45) is 5.92 Å². The molecule has 1 aliphatic carbocycles.